The van der Waals surface area contributed by atoms with Crippen LogP contribution in [0.3, 0.4) is 0 Å². The Kier molecular flexibility index (Phi) is 6.47. The third-order valence-electron chi connectivity index (χ3n) is 5.89. The van der Waals surface area contributed by atoms with Crippen molar-refractivity contribution in [1.82, 2.24) is 4.72 Å². The van der Waals surface area contributed by atoms with Crippen LogP contribution in [0.15, 0.2) is 65.6 Å². The van der Waals surface area contributed by atoms with Crippen LogP contribution < -0.4 is 14.4 Å². The van der Waals surface area contributed by atoms with E-state index in [0.29, 0.717) is 21.9 Å². The molecule has 1 heterocycles. The van der Waals surface area contributed by atoms with Crippen LogP contribution in [-0.2, 0) is 23.0 Å². The summed E-state index contributed by atoms with van der Waals surface area (Å²) in [7, 11) is -2.16. The number of ether oxygens (including phenoxy) is 1. The van der Waals surface area contributed by atoms with Crippen molar-refractivity contribution >= 4 is 33.2 Å². The molecule has 0 aliphatic carbocycles. The first-order valence-corrected chi connectivity index (χ1v) is 12.4. The van der Waals surface area contributed by atoms with Gasteiger partial charge in [0.1, 0.15) is 5.75 Å². The molecule has 0 radical (unpaired) electrons. The molecule has 0 spiro atoms. The van der Waals surface area contributed by atoms with Gasteiger partial charge in [-0.1, -0.05) is 29.8 Å². The van der Waals surface area contributed by atoms with Crippen molar-refractivity contribution in [2.45, 2.75) is 37.8 Å². The van der Waals surface area contributed by atoms with Gasteiger partial charge in [-0.05, 0) is 79.4 Å². The molecule has 33 heavy (non-hydrogen) atoms. The van der Waals surface area contributed by atoms with Crippen molar-refractivity contribution in [3.05, 3.63) is 87.9 Å². The number of hydrogen-bond acceptors (Lipinski definition) is 4. The van der Waals surface area contributed by atoms with Crippen LogP contribution >= 0.6 is 11.6 Å². The van der Waals surface area contributed by atoms with Crippen molar-refractivity contribution in [1.29, 1.82) is 0 Å². The number of amides is 1. The molecule has 1 N–H and O–H groups in total. The summed E-state index contributed by atoms with van der Waals surface area (Å²) in [6.45, 7) is 3.78. The van der Waals surface area contributed by atoms with Gasteiger partial charge in [-0.15, -0.1) is 0 Å². The molecule has 6 nitrogen and oxygen atoms in total. The number of carbonyl (C=O) groups excluding carboxylic acids is 1. The molecule has 0 saturated heterocycles. The van der Waals surface area contributed by atoms with E-state index in [1.54, 1.807) is 55.3 Å². The first-order chi connectivity index (χ1) is 15.7. The lowest BCUT2D eigenvalue weighted by molar-refractivity contribution is 0.0981. The second-order valence-corrected chi connectivity index (χ2v) is 10.2. The van der Waals surface area contributed by atoms with Crippen molar-refractivity contribution in [3.63, 3.8) is 0 Å². The lowest BCUT2D eigenvalue weighted by atomic mass is 10.1. The third-order valence-corrected chi connectivity index (χ3v) is 7.85. The van der Waals surface area contributed by atoms with E-state index >= 15 is 0 Å². The number of nitrogens with one attached hydrogen (secondary N) is 1. The maximum atomic E-state index is 13.3. The molecule has 1 aliphatic rings. The number of sulfonamides is 1. The van der Waals surface area contributed by atoms with Gasteiger partial charge in [0.15, 0.2) is 0 Å². The maximum Gasteiger partial charge on any atom is 0.258 e. The van der Waals surface area contributed by atoms with E-state index in [1.807, 2.05) is 25.1 Å². The summed E-state index contributed by atoms with van der Waals surface area (Å²) in [4.78, 5) is 15.2. The fraction of sp³-hybridized carbons (Fsp3) is 0.240. The van der Waals surface area contributed by atoms with E-state index in [4.69, 9.17) is 16.3 Å². The number of rotatable bonds is 6. The molecule has 172 valence electrons. The Morgan fingerprint density at radius 2 is 1.88 bits per heavy atom. The number of anilines is 1. The highest BCUT2D eigenvalue weighted by Crippen LogP contribution is 2.34. The van der Waals surface area contributed by atoms with Gasteiger partial charge < -0.3 is 9.64 Å². The molecular weight excluding hydrogens is 460 g/mol. The Balaban J connectivity index is 1.57. The van der Waals surface area contributed by atoms with Gasteiger partial charge in [0.25, 0.3) is 5.91 Å². The Labute approximate surface area is 199 Å². The Bertz CT molecular complexity index is 1310. The normalized spacial score (nSPS) is 15.4. The Morgan fingerprint density at radius 3 is 2.58 bits per heavy atom. The van der Waals surface area contributed by atoms with Gasteiger partial charge in [-0.3, -0.25) is 4.79 Å². The van der Waals surface area contributed by atoms with Crippen molar-refractivity contribution < 1.29 is 17.9 Å². The molecule has 0 bridgehead atoms. The first-order valence-electron chi connectivity index (χ1n) is 10.6. The SMILES string of the molecule is COc1ccc(C(=O)N2c3cc(CNS(=O)(=O)c4cccc(Cl)c4C)ccc3C[C@H]2C)cc1. The summed E-state index contributed by atoms with van der Waals surface area (Å²) in [6.07, 6.45) is 0.741. The van der Waals surface area contributed by atoms with Gasteiger partial charge in [0.2, 0.25) is 10.0 Å². The number of fused-ring (bicyclic) bond motifs is 1. The number of carbonyl (C=O) groups is 1. The smallest absolute Gasteiger partial charge is 0.258 e. The molecule has 0 fully saturated rings. The highest BCUT2D eigenvalue weighted by atomic mass is 35.5. The van der Waals surface area contributed by atoms with E-state index in [0.717, 1.165) is 23.2 Å². The van der Waals surface area contributed by atoms with Crippen LogP contribution in [0.4, 0.5) is 5.69 Å². The summed E-state index contributed by atoms with van der Waals surface area (Å²) in [5.41, 5.74) is 3.70. The van der Waals surface area contributed by atoms with Gasteiger partial charge >= 0.3 is 0 Å². The fourth-order valence-electron chi connectivity index (χ4n) is 4.08. The zero-order chi connectivity index (χ0) is 23.8. The summed E-state index contributed by atoms with van der Waals surface area (Å²) < 4.78 is 33.5. The fourth-order valence-corrected chi connectivity index (χ4v) is 5.59. The first kappa shape index (κ1) is 23.3. The molecule has 0 saturated carbocycles. The minimum atomic E-state index is -3.74. The minimum Gasteiger partial charge on any atom is -0.497 e. The van der Waals surface area contributed by atoms with Crippen molar-refractivity contribution in [3.8, 4) is 5.75 Å². The van der Waals surface area contributed by atoms with E-state index in [-0.39, 0.29) is 23.4 Å². The molecule has 1 aliphatic heterocycles. The Hall–Kier alpha value is -2.87. The van der Waals surface area contributed by atoms with Crippen LogP contribution in [-0.4, -0.2) is 27.5 Å². The van der Waals surface area contributed by atoms with E-state index in [9.17, 15) is 13.2 Å². The Morgan fingerprint density at radius 1 is 1.15 bits per heavy atom. The predicted octanol–water partition coefficient (Wildman–Crippen LogP) is 4.73. The van der Waals surface area contributed by atoms with E-state index in [1.165, 1.54) is 6.07 Å². The summed E-state index contributed by atoms with van der Waals surface area (Å²) >= 11 is 6.09. The molecule has 8 heteroatoms. The van der Waals surface area contributed by atoms with Gasteiger partial charge in [0, 0.05) is 28.9 Å². The summed E-state index contributed by atoms with van der Waals surface area (Å²) in [5, 5.41) is 0.400. The quantitative estimate of drug-likeness (QED) is 0.549. The monoisotopic (exact) mass is 484 g/mol. The minimum absolute atomic E-state index is 0.00402. The van der Waals surface area contributed by atoms with Crippen molar-refractivity contribution in [2.75, 3.05) is 12.0 Å². The zero-order valence-corrected chi connectivity index (χ0v) is 20.2. The standard InChI is InChI=1S/C25H25ClN2O4S/c1-16-13-20-8-7-18(15-27-33(30,31)24-6-4-5-22(26)17(24)2)14-23(20)28(16)25(29)19-9-11-21(32-3)12-10-19/h4-12,14,16,27H,13,15H2,1-3H3/t16-/m1/s1. The summed E-state index contributed by atoms with van der Waals surface area (Å²) in [5.74, 6) is 0.585. The van der Waals surface area contributed by atoms with Crippen LogP contribution in [0.5, 0.6) is 5.75 Å². The number of hydrogen-bond donors (Lipinski definition) is 1. The number of nitrogens with zero attached hydrogens (tertiary/aromatic N) is 1. The highest BCUT2D eigenvalue weighted by Gasteiger charge is 2.32. The second kappa shape index (κ2) is 9.17. The summed E-state index contributed by atoms with van der Waals surface area (Å²) in [6, 6.07) is 17.5. The topological polar surface area (TPSA) is 75.7 Å². The number of benzene rings is 3. The van der Waals surface area contributed by atoms with E-state index < -0.39 is 10.0 Å². The average molecular weight is 485 g/mol. The number of halogens is 1. The van der Waals surface area contributed by atoms with E-state index in [2.05, 4.69) is 4.72 Å². The van der Waals surface area contributed by atoms with Crippen LogP contribution in [0.25, 0.3) is 0 Å². The number of methoxy groups -OCH3 is 1. The molecule has 1 amide bonds. The molecule has 4 rings (SSSR count). The molecule has 0 aromatic heterocycles. The predicted molar refractivity (Wildman–Crippen MR) is 130 cm³/mol. The van der Waals surface area contributed by atoms with Crippen LogP contribution in [0.1, 0.15) is 34.0 Å². The van der Waals surface area contributed by atoms with Gasteiger partial charge in [-0.2, -0.15) is 0 Å². The van der Waals surface area contributed by atoms with Gasteiger partial charge in [-0.25, -0.2) is 13.1 Å². The largest absolute Gasteiger partial charge is 0.497 e. The zero-order valence-electron chi connectivity index (χ0n) is 18.6. The highest BCUT2D eigenvalue weighted by molar-refractivity contribution is 7.89. The average Bonchev–Trinajstić information content (AvgIpc) is 3.14. The lowest BCUT2D eigenvalue weighted by Gasteiger charge is -2.23. The lowest BCUT2D eigenvalue weighted by Crippen LogP contribution is -2.35. The third kappa shape index (κ3) is 4.62. The molecule has 1 atom stereocenters. The van der Waals surface area contributed by atoms with Crippen molar-refractivity contribution in [2.24, 2.45) is 0 Å². The molecular formula is C25H25ClN2O4S. The van der Waals surface area contributed by atoms with Crippen LogP contribution in [0, 0.1) is 6.92 Å². The van der Waals surface area contributed by atoms with Crippen LogP contribution in [0.2, 0.25) is 5.02 Å². The molecule has 0 unspecified atom stereocenters. The molecule has 3 aromatic carbocycles. The second-order valence-electron chi connectivity index (χ2n) is 8.11. The maximum absolute atomic E-state index is 13.3. The molecule has 3 aromatic rings. The van der Waals surface area contributed by atoms with Gasteiger partial charge in [0.05, 0.1) is 12.0 Å².